The van der Waals surface area contributed by atoms with Crippen molar-refractivity contribution in [2.45, 2.75) is 64.8 Å². The maximum Gasteiger partial charge on any atom is 0.325 e. The summed E-state index contributed by atoms with van der Waals surface area (Å²) in [5.74, 6) is -2.61. The first-order valence-electron chi connectivity index (χ1n) is 8.74. The van der Waals surface area contributed by atoms with E-state index >= 15 is 0 Å². The minimum absolute atomic E-state index is 0.0194. The number of nitrogens with two attached hydrogens (primary N) is 1. The summed E-state index contributed by atoms with van der Waals surface area (Å²) in [6.07, 6.45) is -0.768. The third-order valence-electron chi connectivity index (χ3n) is 3.06. The van der Waals surface area contributed by atoms with E-state index in [0.717, 1.165) is 0 Å². The van der Waals surface area contributed by atoms with Gasteiger partial charge in [-0.2, -0.15) is 0 Å². The summed E-state index contributed by atoms with van der Waals surface area (Å²) in [7, 11) is 0. The van der Waals surface area contributed by atoms with E-state index in [1.54, 1.807) is 27.7 Å². The lowest BCUT2D eigenvalue weighted by Gasteiger charge is -2.18. The Morgan fingerprint density at radius 2 is 1.68 bits per heavy atom. The van der Waals surface area contributed by atoms with E-state index in [-0.39, 0.29) is 37.3 Å². The first-order valence-corrected chi connectivity index (χ1v) is 9.68. The Bertz CT molecular complexity index is 557. The highest BCUT2D eigenvalue weighted by Crippen LogP contribution is 2.05. The van der Waals surface area contributed by atoms with Gasteiger partial charge in [-0.25, -0.2) is 0 Å². The summed E-state index contributed by atoms with van der Waals surface area (Å²) in [6, 6.07) is -2.07. The molecule has 2 atom stereocenters. The van der Waals surface area contributed by atoms with Gasteiger partial charge >= 0.3 is 11.9 Å². The number of nitrogens with zero attached hydrogens (tertiary/aromatic N) is 1. The van der Waals surface area contributed by atoms with Crippen LogP contribution < -0.4 is 16.4 Å². The first kappa shape index (κ1) is 25.8. The van der Waals surface area contributed by atoms with Gasteiger partial charge < -0.3 is 25.8 Å². The van der Waals surface area contributed by atoms with E-state index in [4.69, 9.17) is 15.2 Å². The van der Waals surface area contributed by atoms with Crippen LogP contribution in [0.25, 0.3) is 0 Å². The van der Waals surface area contributed by atoms with Crippen LogP contribution in [0.5, 0.6) is 0 Å². The topological polar surface area (TPSA) is 166 Å². The van der Waals surface area contributed by atoms with E-state index < -0.39 is 35.8 Å². The van der Waals surface area contributed by atoms with Gasteiger partial charge in [0, 0.05) is 28.7 Å². The van der Waals surface area contributed by atoms with Crippen LogP contribution in [-0.2, 0) is 28.7 Å². The molecule has 4 N–H and O–H groups in total. The van der Waals surface area contributed by atoms with Crippen molar-refractivity contribution >= 4 is 35.7 Å². The normalized spacial score (nSPS) is 12.8. The molecule has 0 spiro atoms. The highest BCUT2D eigenvalue weighted by Gasteiger charge is 2.23. The number of ether oxygens (including phenoxy) is 2. The van der Waals surface area contributed by atoms with Crippen LogP contribution in [0.1, 0.15) is 40.5 Å². The summed E-state index contributed by atoms with van der Waals surface area (Å²) in [5.41, 5.74) is 5.66. The predicted octanol–water partition coefficient (Wildman–Crippen LogP) is 0.0127. The Labute approximate surface area is 167 Å². The Kier molecular flexibility index (Phi) is 12.8. The van der Waals surface area contributed by atoms with Gasteiger partial charge in [0.25, 0.3) is 0 Å². The molecule has 28 heavy (non-hydrogen) atoms. The molecule has 0 heterocycles. The average Bonchev–Trinajstić information content (AvgIpc) is 2.59. The standard InChI is InChI=1S/C16H28N4O7S/c1-9(2)26-14(22)7-18-15(23)12(8-28-20-25)19-13(21)6-5-11(17)16(24)27-10(3)4/h9-12H,5-8,17H2,1-4H3,(H,18,23)(H,19,21). The second-order valence-electron chi connectivity index (χ2n) is 6.38. The largest absolute Gasteiger partial charge is 0.462 e. The van der Waals surface area contributed by atoms with E-state index in [0.29, 0.717) is 11.9 Å². The molecule has 12 heteroatoms. The van der Waals surface area contributed by atoms with Gasteiger partial charge in [0.15, 0.2) is 0 Å². The van der Waals surface area contributed by atoms with Gasteiger partial charge in [-0.15, -0.1) is 4.91 Å². The van der Waals surface area contributed by atoms with Crippen LogP contribution in [0, 0.1) is 4.91 Å². The predicted molar refractivity (Wildman–Crippen MR) is 103 cm³/mol. The van der Waals surface area contributed by atoms with Crippen molar-refractivity contribution in [2.75, 3.05) is 12.3 Å². The van der Waals surface area contributed by atoms with Crippen molar-refractivity contribution in [3.8, 4) is 0 Å². The lowest BCUT2D eigenvalue weighted by molar-refractivity contribution is -0.149. The van der Waals surface area contributed by atoms with Crippen molar-refractivity contribution in [1.82, 2.24) is 10.6 Å². The van der Waals surface area contributed by atoms with Crippen LogP contribution in [0.15, 0.2) is 4.58 Å². The molecule has 0 rings (SSSR count). The molecule has 0 saturated heterocycles. The average molecular weight is 420 g/mol. The van der Waals surface area contributed by atoms with Crippen molar-refractivity contribution in [1.29, 1.82) is 0 Å². The monoisotopic (exact) mass is 420 g/mol. The zero-order valence-electron chi connectivity index (χ0n) is 16.4. The smallest absolute Gasteiger partial charge is 0.325 e. The molecule has 0 aromatic carbocycles. The number of amides is 2. The van der Waals surface area contributed by atoms with Crippen molar-refractivity contribution in [3.05, 3.63) is 4.91 Å². The SMILES string of the molecule is CC(C)OC(=O)CNC(=O)C(CSN=O)NC(=O)CCC(N)C(=O)OC(C)C. The summed E-state index contributed by atoms with van der Waals surface area (Å²) in [5, 5.41) is 4.74. The maximum atomic E-state index is 12.2. The van der Waals surface area contributed by atoms with E-state index in [1.807, 2.05) is 0 Å². The fourth-order valence-corrected chi connectivity index (χ4v) is 2.31. The van der Waals surface area contributed by atoms with Crippen LogP contribution in [0.3, 0.4) is 0 Å². The van der Waals surface area contributed by atoms with Crippen LogP contribution in [0.2, 0.25) is 0 Å². The van der Waals surface area contributed by atoms with E-state index in [1.165, 1.54) is 0 Å². The number of hydrogen-bond acceptors (Lipinski definition) is 10. The fourth-order valence-electron chi connectivity index (χ4n) is 1.87. The van der Waals surface area contributed by atoms with Gasteiger partial charge in [-0.05, 0) is 34.1 Å². The molecular weight excluding hydrogens is 392 g/mol. The fraction of sp³-hybridized carbons (Fsp3) is 0.750. The number of carbonyl (C=O) groups excluding carboxylic acids is 4. The summed E-state index contributed by atoms with van der Waals surface area (Å²) in [4.78, 5) is 57.6. The molecule has 11 nitrogen and oxygen atoms in total. The minimum Gasteiger partial charge on any atom is -0.462 e. The molecule has 0 aromatic heterocycles. The number of nitrogens with one attached hydrogen (secondary N) is 2. The summed E-state index contributed by atoms with van der Waals surface area (Å²) < 4.78 is 12.4. The van der Waals surface area contributed by atoms with Gasteiger partial charge in [0.2, 0.25) is 11.8 Å². The van der Waals surface area contributed by atoms with Gasteiger partial charge in [0.1, 0.15) is 18.6 Å². The Morgan fingerprint density at radius 1 is 1.07 bits per heavy atom. The number of nitroso groups, excluding NO2 is 1. The van der Waals surface area contributed by atoms with Gasteiger partial charge in [-0.3, -0.25) is 19.2 Å². The molecule has 160 valence electrons. The molecular formula is C16H28N4O7S. The lowest BCUT2D eigenvalue weighted by atomic mass is 10.1. The number of esters is 2. The van der Waals surface area contributed by atoms with Crippen LogP contribution in [-0.4, -0.2) is 60.3 Å². The molecule has 0 bridgehead atoms. The summed E-state index contributed by atoms with van der Waals surface area (Å²) >= 11 is 0.546. The minimum atomic E-state index is -1.10. The van der Waals surface area contributed by atoms with Crippen LogP contribution in [0.4, 0.5) is 0 Å². The molecule has 0 saturated carbocycles. The third kappa shape index (κ3) is 12.2. The van der Waals surface area contributed by atoms with Gasteiger partial charge in [0.05, 0.1) is 12.2 Å². The second kappa shape index (κ2) is 13.9. The molecule has 2 unspecified atom stereocenters. The van der Waals surface area contributed by atoms with Crippen molar-refractivity contribution in [2.24, 2.45) is 10.3 Å². The Balaban J connectivity index is 4.57. The Hall–Kier alpha value is -2.21. The highest BCUT2D eigenvalue weighted by molar-refractivity contribution is 7.97. The number of carbonyl (C=O) groups is 4. The lowest BCUT2D eigenvalue weighted by Crippen LogP contribution is -2.49. The van der Waals surface area contributed by atoms with E-state index in [9.17, 15) is 24.1 Å². The molecule has 0 aliphatic carbocycles. The Morgan fingerprint density at radius 3 is 2.21 bits per heavy atom. The number of rotatable bonds is 13. The maximum absolute atomic E-state index is 12.2. The molecule has 0 radical (unpaired) electrons. The number of hydrogen-bond donors (Lipinski definition) is 3. The molecule has 2 amide bonds. The van der Waals surface area contributed by atoms with Crippen molar-refractivity contribution in [3.63, 3.8) is 0 Å². The molecule has 0 aliphatic rings. The third-order valence-corrected chi connectivity index (χ3v) is 3.64. The van der Waals surface area contributed by atoms with Crippen molar-refractivity contribution < 1.29 is 28.7 Å². The first-order chi connectivity index (χ1) is 13.1. The van der Waals surface area contributed by atoms with Crippen LogP contribution >= 0.6 is 11.9 Å². The molecule has 0 fully saturated rings. The van der Waals surface area contributed by atoms with Gasteiger partial charge in [-0.1, -0.05) is 0 Å². The quantitative estimate of drug-likeness (QED) is 0.211. The molecule has 0 aromatic rings. The second-order valence-corrected chi connectivity index (χ2v) is 7.12. The highest BCUT2D eigenvalue weighted by atomic mass is 32.2. The molecule has 0 aliphatic heterocycles. The zero-order valence-corrected chi connectivity index (χ0v) is 17.2. The summed E-state index contributed by atoms with van der Waals surface area (Å²) in [6.45, 7) is 6.30. The van der Waals surface area contributed by atoms with E-state index in [2.05, 4.69) is 15.2 Å². The zero-order chi connectivity index (χ0) is 21.7.